The van der Waals surface area contributed by atoms with Crippen LogP contribution in [0.2, 0.25) is 0 Å². The van der Waals surface area contributed by atoms with E-state index in [2.05, 4.69) is 16.8 Å². The van der Waals surface area contributed by atoms with E-state index < -0.39 is 0 Å². The first-order chi connectivity index (χ1) is 9.29. The first-order valence-electron chi connectivity index (χ1n) is 5.81. The van der Waals surface area contributed by atoms with Crippen LogP contribution in [-0.2, 0) is 5.75 Å². The molecule has 0 unspecified atom stereocenters. The lowest BCUT2D eigenvalue weighted by Gasteiger charge is -2.03. The highest BCUT2D eigenvalue weighted by molar-refractivity contribution is 7.98. The summed E-state index contributed by atoms with van der Waals surface area (Å²) >= 11 is 1.50. The van der Waals surface area contributed by atoms with Crippen LogP contribution in [0.4, 0.5) is 4.39 Å². The van der Waals surface area contributed by atoms with Crippen molar-refractivity contribution in [2.45, 2.75) is 10.8 Å². The Morgan fingerprint density at radius 2 is 2.16 bits per heavy atom. The van der Waals surface area contributed by atoms with Crippen molar-refractivity contribution in [2.75, 3.05) is 6.54 Å². The van der Waals surface area contributed by atoms with Crippen molar-refractivity contribution >= 4 is 11.8 Å². The zero-order valence-corrected chi connectivity index (χ0v) is 11.1. The smallest absolute Gasteiger partial charge is 0.128 e. The van der Waals surface area contributed by atoms with E-state index in [9.17, 15) is 4.39 Å². The molecule has 0 saturated heterocycles. The predicted molar refractivity (Wildman–Crippen MR) is 76.1 cm³/mol. The third-order valence-electron chi connectivity index (χ3n) is 2.40. The third-order valence-corrected chi connectivity index (χ3v) is 3.39. The number of benzene rings is 1. The molecule has 0 bridgehead atoms. The average Bonchev–Trinajstić information content (AvgIpc) is 2.45. The zero-order chi connectivity index (χ0) is 13.5. The van der Waals surface area contributed by atoms with Crippen LogP contribution < -0.4 is 5.73 Å². The number of halogens is 1. The minimum atomic E-state index is -0.243. The van der Waals surface area contributed by atoms with E-state index in [4.69, 9.17) is 5.73 Å². The van der Waals surface area contributed by atoms with Gasteiger partial charge in [0.15, 0.2) is 0 Å². The fourth-order valence-corrected chi connectivity index (χ4v) is 2.33. The third kappa shape index (κ3) is 4.09. The predicted octanol–water partition coefficient (Wildman–Crippen LogP) is 2.82. The van der Waals surface area contributed by atoms with E-state index >= 15 is 0 Å². The largest absolute Gasteiger partial charge is 0.320 e. The van der Waals surface area contributed by atoms with Gasteiger partial charge in [0.1, 0.15) is 5.82 Å². The van der Waals surface area contributed by atoms with Gasteiger partial charge >= 0.3 is 0 Å². The quantitative estimate of drug-likeness (QED) is 0.690. The maximum atomic E-state index is 13.8. The molecule has 0 aliphatic carbocycles. The summed E-state index contributed by atoms with van der Waals surface area (Å²) in [4.78, 5) is 4.19. The van der Waals surface area contributed by atoms with E-state index in [0.29, 0.717) is 16.9 Å². The number of pyridine rings is 1. The molecular weight excluding hydrogens is 259 g/mol. The lowest BCUT2D eigenvalue weighted by molar-refractivity contribution is 0.617. The van der Waals surface area contributed by atoms with Crippen molar-refractivity contribution < 1.29 is 4.39 Å². The zero-order valence-electron chi connectivity index (χ0n) is 10.3. The van der Waals surface area contributed by atoms with Gasteiger partial charge in [0, 0.05) is 17.5 Å². The van der Waals surface area contributed by atoms with Gasteiger partial charge in [-0.05, 0) is 29.8 Å². The van der Waals surface area contributed by atoms with E-state index in [1.807, 2.05) is 18.2 Å². The van der Waals surface area contributed by atoms with Crippen LogP contribution >= 0.6 is 11.8 Å². The van der Waals surface area contributed by atoms with E-state index in [1.54, 1.807) is 18.3 Å². The molecule has 1 aromatic heterocycles. The van der Waals surface area contributed by atoms with Gasteiger partial charge < -0.3 is 5.73 Å². The second-order valence-corrected chi connectivity index (χ2v) is 4.76. The molecule has 2 rings (SSSR count). The number of thioether (sulfide) groups is 1. The number of aromatic nitrogens is 1. The Balaban J connectivity index is 2.05. The molecule has 0 atom stereocenters. The minimum Gasteiger partial charge on any atom is -0.320 e. The molecule has 2 N–H and O–H groups in total. The lowest BCUT2D eigenvalue weighted by Crippen LogP contribution is -1.94. The summed E-state index contributed by atoms with van der Waals surface area (Å²) in [7, 11) is 0. The number of hydrogen-bond acceptors (Lipinski definition) is 3. The van der Waals surface area contributed by atoms with Crippen molar-refractivity contribution in [3.63, 3.8) is 0 Å². The first-order valence-corrected chi connectivity index (χ1v) is 6.79. The molecule has 0 aliphatic heterocycles. The summed E-state index contributed by atoms with van der Waals surface area (Å²) in [5, 5.41) is 0.883. The normalized spacial score (nSPS) is 9.79. The maximum Gasteiger partial charge on any atom is 0.128 e. The number of nitrogens with zero attached hydrogens (tertiary/aromatic N) is 1. The highest BCUT2D eigenvalue weighted by atomic mass is 32.2. The van der Waals surface area contributed by atoms with Crippen molar-refractivity contribution in [1.29, 1.82) is 0 Å². The molecule has 19 heavy (non-hydrogen) atoms. The van der Waals surface area contributed by atoms with Gasteiger partial charge in [-0.1, -0.05) is 24.0 Å². The molecule has 96 valence electrons. The van der Waals surface area contributed by atoms with Crippen LogP contribution in [0.5, 0.6) is 0 Å². The van der Waals surface area contributed by atoms with Gasteiger partial charge in [-0.25, -0.2) is 9.37 Å². The molecule has 0 spiro atoms. The van der Waals surface area contributed by atoms with Crippen molar-refractivity contribution in [2.24, 2.45) is 5.73 Å². The fourth-order valence-electron chi connectivity index (χ4n) is 1.48. The Kier molecular flexibility index (Phi) is 4.96. The molecule has 4 heteroatoms. The summed E-state index contributed by atoms with van der Waals surface area (Å²) in [5.74, 6) is 5.82. The van der Waals surface area contributed by atoms with Gasteiger partial charge in [0.2, 0.25) is 0 Å². The second kappa shape index (κ2) is 6.93. The van der Waals surface area contributed by atoms with E-state index in [0.717, 1.165) is 5.03 Å². The Morgan fingerprint density at radius 1 is 1.26 bits per heavy atom. The SMILES string of the molecule is NCC#Cc1ccc(CSc2ccccn2)c(F)c1. The standard InChI is InChI=1S/C15H13FN2S/c16-14-10-12(4-3-8-17)6-7-13(14)11-19-15-5-1-2-9-18-15/h1-2,5-7,9-10H,8,11,17H2. The van der Waals surface area contributed by atoms with Gasteiger partial charge in [-0.2, -0.15) is 0 Å². The summed E-state index contributed by atoms with van der Waals surface area (Å²) in [6.45, 7) is 0.277. The Labute approximate surface area is 116 Å². The molecule has 0 fully saturated rings. The second-order valence-electron chi connectivity index (χ2n) is 3.77. The lowest BCUT2D eigenvalue weighted by atomic mass is 10.1. The van der Waals surface area contributed by atoms with Gasteiger partial charge in [0.05, 0.1) is 11.6 Å². The molecule has 0 saturated carbocycles. The van der Waals surface area contributed by atoms with Crippen LogP contribution in [0.25, 0.3) is 0 Å². The minimum absolute atomic E-state index is 0.243. The monoisotopic (exact) mass is 272 g/mol. The van der Waals surface area contributed by atoms with Gasteiger partial charge in [0.25, 0.3) is 0 Å². The summed E-state index contributed by atoms with van der Waals surface area (Å²) in [5.41, 5.74) is 6.57. The Hall–Kier alpha value is -1.83. The summed E-state index contributed by atoms with van der Waals surface area (Å²) in [6, 6.07) is 10.7. The molecule has 2 aromatic rings. The van der Waals surface area contributed by atoms with E-state index in [1.165, 1.54) is 17.8 Å². The van der Waals surface area contributed by atoms with Crippen molar-refractivity contribution in [1.82, 2.24) is 4.98 Å². The topological polar surface area (TPSA) is 38.9 Å². The highest BCUT2D eigenvalue weighted by Gasteiger charge is 2.04. The van der Waals surface area contributed by atoms with Crippen LogP contribution in [0, 0.1) is 17.7 Å². The molecule has 1 aromatic carbocycles. The molecule has 2 nitrogen and oxygen atoms in total. The molecule has 0 radical (unpaired) electrons. The number of nitrogens with two attached hydrogens (primary N) is 1. The number of hydrogen-bond donors (Lipinski definition) is 1. The average molecular weight is 272 g/mol. The Morgan fingerprint density at radius 3 is 2.84 bits per heavy atom. The Bertz CT molecular complexity index is 603. The van der Waals surface area contributed by atoms with Crippen molar-refractivity contribution in [3.05, 3.63) is 59.5 Å². The molecule has 0 amide bonds. The van der Waals surface area contributed by atoms with Crippen LogP contribution in [0.1, 0.15) is 11.1 Å². The van der Waals surface area contributed by atoms with Crippen LogP contribution in [0.3, 0.4) is 0 Å². The van der Waals surface area contributed by atoms with Crippen LogP contribution in [0.15, 0.2) is 47.6 Å². The fraction of sp³-hybridized carbons (Fsp3) is 0.133. The highest BCUT2D eigenvalue weighted by Crippen LogP contribution is 2.22. The summed E-state index contributed by atoms with van der Waals surface area (Å²) in [6.07, 6.45) is 1.73. The number of rotatable bonds is 3. The van der Waals surface area contributed by atoms with E-state index in [-0.39, 0.29) is 12.4 Å². The van der Waals surface area contributed by atoms with Gasteiger partial charge in [-0.3, -0.25) is 0 Å². The molecule has 0 aliphatic rings. The molecule has 1 heterocycles. The van der Waals surface area contributed by atoms with Gasteiger partial charge in [-0.15, -0.1) is 11.8 Å². The van der Waals surface area contributed by atoms with Crippen LogP contribution in [-0.4, -0.2) is 11.5 Å². The molecular formula is C15H13FN2S. The van der Waals surface area contributed by atoms with Crippen molar-refractivity contribution in [3.8, 4) is 11.8 Å². The summed E-state index contributed by atoms with van der Waals surface area (Å²) < 4.78 is 13.8. The maximum absolute atomic E-state index is 13.8. The first kappa shape index (κ1) is 13.6.